The zero-order valence-electron chi connectivity index (χ0n) is 12.4. The first-order chi connectivity index (χ1) is 10.3. The van der Waals surface area contributed by atoms with Crippen LogP contribution in [0.15, 0.2) is 60.7 Å². The van der Waals surface area contributed by atoms with Gasteiger partial charge in [-0.3, -0.25) is 0 Å². The summed E-state index contributed by atoms with van der Waals surface area (Å²) in [6, 6.07) is 20.2. The van der Waals surface area contributed by atoms with Crippen molar-refractivity contribution in [2.45, 2.75) is 31.3 Å². The third-order valence-corrected chi connectivity index (χ3v) is 4.54. The van der Waals surface area contributed by atoms with Gasteiger partial charge in [-0.05, 0) is 30.5 Å². The average molecular weight is 278 g/mol. The van der Waals surface area contributed by atoms with Gasteiger partial charge in [0.25, 0.3) is 0 Å². The van der Waals surface area contributed by atoms with Gasteiger partial charge in [-0.25, -0.2) is 0 Å². The van der Waals surface area contributed by atoms with E-state index in [1.54, 1.807) is 0 Å². The summed E-state index contributed by atoms with van der Waals surface area (Å²) in [5.41, 5.74) is 0.968. The molecular formula is C18H21BNO. The summed E-state index contributed by atoms with van der Waals surface area (Å²) in [5.74, 6) is 0. The molecule has 1 N–H and O–H groups in total. The zero-order chi connectivity index (χ0) is 14.7. The summed E-state index contributed by atoms with van der Waals surface area (Å²) in [6.45, 7) is 3.07. The Balaban J connectivity index is 2.11. The van der Waals surface area contributed by atoms with E-state index in [1.165, 1.54) is 0 Å². The molecule has 0 amide bonds. The number of hydrogen-bond acceptors (Lipinski definition) is 2. The summed E-state index contributed by atoms with van der Waals surface area (Å²) < 4.78 is 0. The smallest absolute Gasteiger partial charge is 0.205 e. The topological polar surface area (TPSA) is 23.5 Å². The first-order valence-electron chi connectivity index (χ1n) is 7.65. The van der Waals surface area contributed by atoms with Crippen LogP contribution in [0.4, 0.5) is 0 Å². The van der Waals surface area contributed by atoms with Gasteiger partial charge in [-0.1, -0.05) is 67.5 Å². The molecule has 3 heteroatoms. The Hall–Kier alpha value is -1.58. The summed E-state index contributed by atoms with van der Waals surface area (Å²) in [4.78, 5) is 2.28. The molecule has 0 aromatic heterocycles. The largest absolute Gasteiger partial charge is 0.379 e. The molecule has 1 unspecified atom stereocenters. The van der Waals surface area contributed by atoms with Crippen LogP contribution in [0.5, 0.6) is 0 Å². The zero-order valence-corrected chi connectivity index (χ0v) is 12.4. The Bertz CT molecular complexity index is 533. The minimum Gasteiger partial charge on any atom is -0.379 e. The predicted molar refractivity (Wildman–Crippen MR) is 87.2 cm³/mol. The number of benzene rings is 2. The van der Waals surface area contributed by atoms with E-state index in [2.05, 4.69) is 19.0 Å². The van der Waals surface area contributed by atoms with Crippen molar-refractivity contribution in [3.05, 3.63) is 71.8 Å². The molecule has 1 saturated heterocycles. The molecule has 1 aliphatic rings. The lowest BCUT2D eigenvalue weighted by atomic mass is 9.77. The highest BCUT2D eigenvalue weighted by Crippen LogP contribution is 2.39. The van der Waals surface area contributed by atoms with E-state index in [9.17, 15) is 5.11 Å². The van der Waals surface area contributed by atoms with Crippen LogP contribution in [0.2, 0.25) is 6.82 Å². The Morgan fingerprint density at radius 3 is 2.00 bits per heavy atom. The van der Waals surface area contributed by atoms with Crippen LogP contribution in [0, 0.1) is 0 Å². The highest BCUT2D eigenvalue weighted by molar-refractivity contribution is 6.30. The molecule has 1 aliphatic heterocycles. The highest BCUT2D eigenvalue weighted by Gasteiger charge is 2.44. The third kappa shape index (κ3) is 2.52. The summed E-state index contributed by atoms with van der Waals surface area (Å²) in [7, 11) is 2.11. The van der Waals surface area contributed by atoms with Gasteiger partial charge in [-0.15, -0.1) is 0 Å². The van der Waals surface area contributed by atoms with Gasteiger partial charge in [0.2, 0.25) is 7.41 Å². The average Bonchev–Trinajstić information content (AvgIpc) is 3.05. The SMILES string of the molecule is C[B]N1CCCC1C(O)(c1ccccc1)c1ccccc1. The van der Waals surface area contributed by atoms with E-state index in [0.717, 1.165) is 30.5 Å². The van der Waals surface area contributed by atoms with Gasteiger partial charge in [0.1, 0.15) is 5.60 Å². The molecule has 1 heterocycles. The quantitative estimate of drug-likeness (QED) is 0.869. The maximum atomic E-state index is 11.7. The molecular weight excluding hydrogens is 257 g/mol. The second-order valence-corrected chi connectivity index (χ2v) is 5.65. The molecule has 1 radical (unpaired) electrons. The van der Waals surface area contributed by atoms with Crippen LogP contribution in [0.3, 0.4) is 0 Å². The van der Waals surface area contributed by atoms with Crippen LogP contribution >= 0.6 is 0 Å². The lowest BCUT2D eigenvalue weighted by Gasteiger charge is -2.40. The molecule has 3 rings (SSSR count). The van der Waals surface area contributed by atoms with Crippen molar-refractivity contribution in [3.63, 3.8) is 0 Å². The van der Waals surface area contributed by atoms with Gasteiger partial charge >= 0.3 is 0 Å². The number of nitrogens with zero attached hydrogens (tertiary/aromatic N) is 1. The minimum atomic E-state index is -0.967. The molecule has 2 nitrogen and oxygen atoms in total. The molecule has 2 aromatic rings. The van der Waals surface area contributed by atoms with Crippen molar-refractivity contribution in [2.75, 3.05) is 6.54 Å². The molecule has 0 bridgehead atoms. The van der Waals surface area contributed by atoms with Gasteiger partial charge < -0.3 is 9.92 Å². The van der Waals surface area contributed by atoms with Crippen molar-refractivity contribution in [2.24, 2.45) is 0 Å². The van der Waals surface area contributed by atoms with Crippen molar-refractivity contribution in [1.82, 2.24) is 4.81 Å². The molecule has 0 saturated carbocycles. The fraction of sp³-hybridized carbons (Fsp3) is 0.333. The Morgan fingerprint density at radius 1 is 1.00 bits per heavy atom. The Morgan fingerprint density at radius 2 is 1.52 bits per heavy atom. The normalized spacial score (nSPS) is 19.6. The predicted octanol–water partition coefficient (Wildman–Crippen LogP) is 3.05. The Kier molecular flexibility index (Phi) is 4.13. The third-order valence-electron chi connectivity index (χ3n) is 4.54. The van der Waals surface area contributed by atoms with Crippen molar-refractivity contribution < 1.29 is 5.11 Å². The molecule has 0 aliphatic carbocycles. The fourth-order valence-corrected chi connectivity index (χ4v) is 3.48. The van der Waals surface area contributed by atoms with Gasteiger partial charge in [0, 0.05) is 6.04 Å². The lowest BCUT2D eigenvalue weighted by molar-refractivity contribution is 0.0200. The molecule has 1 atom stereocenters. The standard InChI is InChI=1S/C18H21BNO/c1-19-20-14-8-13-17(20)18(21,15-9-4-2-5-10-15)16-11-6-3-7-12-16/h2-7,9-12,17,21H,8,13-14H2,1H3. The van der Waals surface area contributed by atoms with Crippen molar-refractivity contribution in [3.8, 4) is 0 Å². The first kappa shape index (κ1) is 14.4. The van der Waals surface area contributed by atoms with Crippen LogP contribution < -0.4 is 0 Å². The molecule has 1 fully saturated rings. The highest BCUT2D eigenvalue weighted by atomic mass is 16.3. The van der Waals surface area contributed by atoms with E-state index in [0.29, 0.717) is 0 Å². The van der Waals surface area contributed by atoms with Crippen LogP contribution in [-0.2, 0) is 5.60 Å². The van der Waals surface area contributed by atoms with Crippen molar-refractivity contribution >= 4 is 7.41 Å². The van der Waals surface area contributed by atoms with E-state index < -0.39 is 5.60 Å². The van der Waals surface area contributed by atoms with Gasteiger partial charge in [0.15, 0.2) is 0 Å². The molecule has 0 spiro atoms. The lowest BCUT2D eigenvalue weighted by Crippen LogP contribution is -2.49. The van der Waals surface area contributed by atoms with E-state index in [1.807, 2.05) is 60.7 Å². The van der Waals surface area contributed by atoms with Crippen molar-refractivity contribution in [1.29, 1.82) is 0 Å². The molecule has 21 heavy (non-hydrogen) atoms. The summed E-state index contributed by atoms with van der Waals surface area (Å²) in [5, 5.41) is 11.7. The second-order valence-electron chi connectivity index (χ2n) is 5.65. The summed E-state index contributed by atoms with van der Waals surface area (Å²) in [6.07, 6.45) is 2.13. The Labute approximate surface area is 127 Å². The maximum Gasteiger partial charge on any atom is 0.205 e. The fourth-order valence-electron chi connectivity index (χ4n) is 3.48. The number of hydrogen-bond donors (Lipinski definition) is 1. The number of aliphatic hydroxyl groups is 1. The van der Waals surface area contributed by atoms with E-state index in [-0.39, 0.29) is 6.04 Å². The first-order valence-corrected chi connectivity index (χ1v) is 7.65. The minimum absolute atomic E-state index is 0.0901. The van der Waals surface area contributed by atoms with E-state index in [4.69, 9.17) is 0 Å². The summed E-state index contributed by atoms with van der Waals surface area (Å²) >= 11 is 0. The van der Waals surface area contributed by atoms with Gasteiger partial charge in [-0.2, -0.15) is 0 Å². The molecule has 107 valence electrons. The van der Waals surface area contributed by atoms with Gasteiger partial charge in [0.05, 0.1) is 0 Å². The van der Waals surface area contributed by atoms with Crippen LogP contribution in [0.1, 0.15) is 24.0 Å². The maximum absolute atomic E-state index is 11.7. The van der Waals surface area contributed by atoms with Crippen LogP contribution in [-0.4, -0.2) is 29.9 Å². The van der Waals surface area contributed by atoms with Crippen LogP contribution in [0.25, 0.3) is 0 Å². The van der Waals surface area contributed by atoms with E-state index >= 15 is 0 Å². The second kappa shape index (κ2) is 6.04. The molecule has 2 aromatic carbocycles. The monoisotopic (exact) mass is 278 g/mol. The number of rotatable bonds is 4.